The Kier molecular flexibility index (Phi) is 6.21. The molecule has 0 bridgehead atoms. The van der Waals surface area contributed by atoms with Gasteiger partial charge in [0.2, 0.25) is 15.9 Å². The molecular weight excluding hydrogens is 395 g/mol. The molecule has 0 radical (unpaired) electrons. The maximum absolute atomic E-state index is 12.6. The SMILES string of the molecule is Cc1ccc(NC(=O)[C@@H](C)N(c2ccc(C)c(Cl)c2)S(C)(=O)=O)cc1Cl. The molecule has 0 spiro atoms. The van der Waals surface area contributed by atoms with Crippen LogP contribution in [0.1, 0.15) is 18.1 Å². The third-order valence-corrected chi connectivity index (χ3v) is 5.99. The Morgan fingerprint density at radius 1 is 1.04 bits per heavy atom. The Bertz CT molecular complexity index is 945. The number of aryl methyl sites for hydroxylation is 2. The zero-order valence-corrected chi connectivity index (χ0v) is 17.2. The first kappa shape index (κ1) is 20.6. The lowest BCUT2D eigenvalue weighted by Gasteiger charge is -2.28. The predicted molar refractivity (Wildman–Crippen MR) is 108 cm³/mol. The van der Waals surface area contributed by atoms with Crippen molar-refractivity contribution >= 4 is 50.5 Å². The quantitative estimate of drug-likeness (QED) is 0.787. The Morgan fingerprint density at radius 2 is 1.58 bits per heavy atom. The lowest BCUT2D eigenvalue weighted by molar-refractivity contribution is -0.116. The van der Waals surface area contributed by atoms with Crippen LogP contribution in [0.15, 0.2) is 36.4 Å². The first-order valence-electron chi connectivity index (χ1n) is 7.83. The van der Waals surface area contributed by atoms with E-state index in [4.69, 9.17) is 23.2 Å². The van der Waals surface area contributed by atoms with Crippen molar-refractivity contribution in [2.45, 2.75) is 26.8 Å². The van der Waals surface area contributed by atoms with Gasteiger partial charge in [-0.1, -0.05) is 35.3 Å². The van der Waals surface area contributed by atoms with Gasteiger partial charge >= 0.3 is 0 Å². The minimum absolute atomic E-state index is 0.327. The summed E-state index contributed by atoms with van der Waals surface area (Å²) in [6.45, 7) is 5.18. The van der Waals surface area contributed by atoms with Gasteiger partial charge < -0.3 is 5.32 Å². The molecule has 1 atom stereocenters. The summed E-state index contributed by atoms with van der Waals surface area (Å²) >= 11 is 12.2. The number of rotatable bonds is 5. The van der Waals surface area contributed by atoms with Crippen LogP contribution in [0.4, 0.5) is 11.4 Å². The number of halogens is 2. The Labute approximate surface area is 164 Å². The number of anilines is 2. The van der Waals surface area contributed by atoms with Crippen molar-refractivity contribution in [2.24, 2.45) is 0 Å². The van der Waals surface area contributed by atoms with E-state index in [1.54, 1.807) is 30.3 Å². The van der Waals surface area contributed by atoms with Gasteiger partial charge in [-0.3, -0.25) is 9.10 Å². The second-order valence-electron chi connectivity index (χ2n) is 6.12. The average molecular weight is 415 g/mol. The van der Waals surface area contributed by atoms with E-state index in [1.807, 2.05) is 13.8 Å². The molecule has 0 saturated carbocycles. The van der Waals surface area contributed by atoms with Gasteiger partial charge in [-0.15, -0.1) is 0 Å². The number of amides is 1. The van der Waals surface area contributed by atoms with E-state index in [0.717, 1.165) is 21.7 Å². The summed E-state index contributed by atoms with van der Waals surface area (Å²) in [5, 5.41) is 3.64. The van der Waals surface area contributed by atoms with Gasteiger partial charge in [-0.05, 0) is 56.2 Å². The highest BCUT2D eigenvalue weighted by atomic mass is 35.5. The van der Waals surface area contributed by atoms with Crippen LogP contribution in [0.25, 0.3) is 0 Å². The van der Waals surface area contributed by atoms with E-state index in [0.29, 0.717) is 21.4 Å². The largest absolute Gasteiger partial charge is 0.324 e. The number of carbonyl (C=O) groups is 1. The van der Waals surface area contributed by atoms with Crippen LogP contribution in [0.3, 0.4) is 0 Å². The first-order chi connectivity index (χ1) is 12.0. The standard InChI is InChI=1S/C18H20Cl2N2O3S/c1-11-5-7-14(9-16(11)19)21-18(23)13(3)22(26(4,24)25)15-8-6-12(2)17(20)10-15/h5-10,13H,1-4H3,(H,21,23)/t13-/m1/s1. The number of carbonyl (C=O) groups excluding carboxylic acids is 1. The number of benzene rings is 2. The molecule has 0 aliphatic rings. The maximum Gasteiger partial charge on any atom is 0.247 e. The summed E-state index contributed by atoms with van der Waals surface area (Å²) in [6.07, 6.45) is 1.05. The minimum atomic E-state index is -3.71. The van der Waals surface area contributed by atoms with Crippen molar-refractivity contribution in [2.75, 3.05) is 15.9 Å². The van der Waals surface area contributed by atoms with Crippen molar-refractivity contribution in [3.8, 4) is 0 Å². The predicted octanol–water partition coefficient (Wildman–Crippen LogP) is 4.40. The number of nitrogens with zero attached hydrogens (tertiary/aromatic N) is 1. The van der Waals surface area contributed by atoms with Crippen molar-refractivity contribution in [1.29, 1.82) is 0 Å². The van der Waals surface area contributed by atoms with Gasteiger partial charge in [0.15, 0.2) is 0 Å². The van der Waals surface area contributed by atoms with Crippen molar-refractivity contribution in [3.05, 3.63) is 57.6 Å². The number of hydrogen-bond acceptors (Lipinski definition) is 3. The zero-order chi connectivity index (χ0) is 19.6. The first-order valence-corrected chi connectivity index (χ1v) is 10.4. The van der Waals surface area contributed by atoms with Crippen LogP contribution in [-0.4, -0.2) is 26.6 Å². The maximum atomic E-state index is 12.6. The zero-order valence-electron chi connectivity index (χ0n) is 14.9. The molecule has 0 aliphatic heterocycles. The van der Waals surface area contributed by atoms with Crippen LogP contribution >= 0.6 is 23.2 Å². The summed E-state index contributed by atoms with van der Waals surface area (Å²) in [5.74, 6) is -0.480. The fourth-order valence-electron chi connectivity index (χ4n) is 2.44. The molecule has 0 saturated heterocycles. The normalized spacial score (nSPS) is 12.5. The third-order valence-electron chi connectivity index (χ3n) is 3.94. The van der Waals surface area contributed by atoms with Crippen molar-refractivity contribution < 1.29 is 13.2 Å². The topological polar surface area (TPSA) is 66.5 Å². The molecule has 2 aromatic carbocycles. The molecule has 0 aliphatic carbocycles. The lowest BCUT2D eigenvalue weighted by atomic mass is 10.2. The highest BCUT2D eigenvalue weighted by Crippen LogP contribution is 2.27. The number of nitrogens with one attached hydrogen (secondary N) is 1. The molecule has 8 heteroatoms. The molecule has 140 valence electrons. The molecule has 0 fully saturated rings. The molecule has 26 heavy (non-hydrogen) atoms. The molecule has 1 N–H and O–H groups in total. The molecule has 2 rings (SSSR count). The summed E-state index contributed by atoms with van der Waals surface area (Å²) in [4.78, 5) is 12.6. The number of hydrogen-bond donors (Lipinski definition) is 1. The van der Waals surface area contributed by atoms with Gasteiger partial charge in [-0.25, -0.2) is 8.42 Å². The Hall–Kier alpha value is -1.76. The molecule has 0 aromatic heterocycles. The molecule has 0 heterocycles. The van der Waals surface area contributed by atoms with E-state index in [9.17, 15) is 13.2 Å². The Balaban J connectivity index is 2.34. The molecular formula is C18H20Cl2N2O3S. The second-order valence-corrected chi connectivity index (χ2v) is 8.80. The van der Waals surface area contributed by atoms with E-state index in [1.165, 1.54) is 13.0 Å². The average Bonchev–Trinajstić information content (AvgIpc) is 2.53. The third kappa shape index (κ3) is 4.69. The molecule has 5 nitrogen and oxygen atoms in total. The van der Waals surface area contributed by atoms with Crippen LogP contribution in [0, 0.1) is 13.8 Å². The molecule has 1 amide bonds. The van der Waals surface area contributed by atoms with E-state index in [-0.39, 0.29) is 0 Å². The summed E-state index contributed by atoms with van der Waals surface area (Å²) in [5.41, 5.74) is 2.51. The van der Waals surface area contributed by atoms with Crippen molar-refractivity contribution in [1.82, 2.24) is 0 Å². The van der Waals surface area contributed by atoms with Gasteiger partial charge in [0.05, 0.1) is 11.9 Å². The van der Waals surface area contributed by atoms with Crippen LogP contribution in [-0.2, 0) is 14.8 Å². The van der Waals surface area contributed by atoms with Crippen molar-refractivity contribution in [3.63, 3.8) is 0 Å². The monoisotopic (exact) mass is 414 g/mol. The van der Waals surface area contributed by atoms with Gasteiger partial charge in [0, 0.05) is 15.7 Å². The minimum Gasteiger partial charge on any atom is -0.324 e. The van der Waals surface area contributed by atoms with E-state index < -0.39 is 22.0 Å². The second kappa shape index (κ2) is 7.86. The molecule has 2 aromatic rings. The highest BCUT2D eigenvalue weighted by molar-refractivity contribution is 7.92. The Morgan fingerprint density at radius 3 is 2.08 bits per heavy atom. The smallest absolute Gasteiger partial charge is 0.247 e. The number of sulfonamides is 1. The van der Waals surface area contributed by atoms with E-state index in [2.05, 4.69) is 5.32 Å². The van der Waals surface area contributed by atoms with Gasteiger partial charge in [-0.2, -0.15) is 0 Å². The summed E-state index contributed by atoms with van der Waals surface area (Å²) in [7, 11) is -3.71. The highest BCUT2D eigenvalue weighted by Gasteiger charge is 2.29. The fourth-order valence-corrected chi connectivity index (χ4v) is 3.97. The van der Waals surface area contributed by atoms with Crippen LogP contribution in [0.5, 0.6) is 0 Å². The van der Waals surface area contributed by atoms with E-state index >= 15 is 0 Å². The lowest BCUT2D eigenvalue weighted by Crippen LogP contribution is -2.45. The van der Waals surface area contributed by atoms with Crippen LogP contribution < -0.4 is 9.62 Å². The fraction of sp³-hybridized carbons (Fsp3) is 0.278. The van der Waals surface area contributed by atoms with Gasteiger partial charge in [0.1, 0.15) is 6.04 Å². The summed E-state index contributed by atoms with van der Waals surface area (Å²) in [6, 6.07) is 8.98. The van der Waals surface area contributed by atoms with Crippen LogP contribution in [0.2, 0.25) is 10.0 Å². The van der Waals surface area contributed by atoms with Gasteiger partial charge in [0.25, 0.3) is 0 Å². The summed E-state index contributed by atoms with van der Waals surface area (Å²) < 4.78 is 25.7. The molecule has 0 unspecified atom stereocenters.